The maximum absolute atomic E-state index is 13.3. The Morgan fingerprint density at radius 3 is 2.76 bits per heavy atom. The molecule has 2 unspecified atom stereocenters. The number of nitrogens with zero attached hydrogens (tertiary/aromatic N) is 3. The fourth-order valence-corrected chi connectivity index (χ4v) is 4.29. The monoisotopic (exact) mass is 388 g/mol. The van der Waals surface area contributed by atoms with Crippen molar-refractivity contribution in [3.05, 3.63) is 77.3 Å². The highest BCUT2D eigenvalue weighted by molar-refractivity contribution is 6.00. The zero-order valence-corrected chi connectivity index (χ0v) is 15.9. The van der Waals surface area contributed by atoms with E-state index in [1.54, 1.807) is 22.9 Å². The van der Waals surface area contributed by atoms with Gasteiger partial charge in [-0.2, -0.15) is 10.1 Å². The Bertz CT molecular complexity index is 1120. The van der Waals surface area contributed by atoms with Crippen LogP contribution < -0.4 is 10.1 Å². The lowest BCUT2D eigenvalue weighted by atomic mass is 9.78. The highest BCUT2D eigenvalue weighted by Gasteiger charge is 2.39. The minimum atomic E-state index is -0.414. The molecular weight excluding hydrogens is 368 g/mol. The molecule has 146 valence electrons. The second kappa shape index (κ2) is 6.77. The zero-order valence-electron chi connectivity index (χ0n) is 15.9. The topological polar surface area (TPSA) is 89.3 Å². The number of Topliss-reactive ketones (excluding diaryl/α,β-unsaturated/α-hetero) is 1. The number of aromatic nitrogens is 3. The van der Waals surface area contributed by atoms with Crippen LogP contribution in [-0.2, 0) is 4.79 Å². The minimum absolute atomic E-state index is 0.0531. The number of allylic oxidation sites excluding steroid dienone is 2. The maximum atomic E-state index is 13.3. The van der Waals surface area contributed by atoms with Gasteiger partial charge < -0.3 is 15.2 Å². The van der Waals surface area contributed by atoms with Gasteiger partial charge in [-0.25, -0.2) is 4.68 Å². The predicted octanol–water partition coefficient (Wildman–Crippen LogP) is 3.41. The molecule has 1 aliphatic heterocycles. The van der Waals surface area contributed by atoms with Gasteiger partial charge in [0.05, 0.1) is 7.11 Å². The van der Waals surface area contributed by atoms with Crippen molar-refractivity contribution in [2.45, 2.75) is 24.8 Å². The van der Waals surface area contributed by atoms with Crippen molar-refractivity contribution >= 4 is 11.7 Å². The Labute approximate surface area is 167 Å². The molecule has 2 N–H and O–H groups in total. The van der Waals surface area contributed by atoms with E-state index in [-0.39, 0.29) is 17.5 Å². The van der Waals surface area contributed by atoms with Gasteiger partial charge in [0, 0.05) is 17.7 Å². The molecule has 1 aliphatic carbocycles. The van der Waals surface area contributed by atoms with E-state index >= 15 is 0 Å². The SMILES string of the molecule is COc1cc(C2C3=C(CC(c4ccccc4)CC3=O)Nc3ncnn32)ccc1O. The molecule has 2 atom stereocenters. The van der Waals surface area contributed by atoms with Gasteiger partial charge in [-0.15, -0.1) is 0 Å². The van der Waals surface area contributed by atoms with Crippen molar-refractivity contribution in [1.82, 2.24) is 14.8 Å². The molecule has 7 heteroatoms. The summed E-state index contributed by atoms with van der Waals surface area (Å²) < 4.78 is 6.99. The van der Waals surface area contributed by atoms with Gasteiger partial charge in [-0.1, -0.05) is 36.4 Å². The maximum Gasteiger partial charge on any atom is 0.226 e. The smallest absolute Gasteiger partial charge is 0.226 e. The lowest BCUT2D eigenvalue weighted by Crippen LogP contribution is -2.33. The Kier molecular flexibility index (Phi) is 4.08. The first-order valence-corrected chi connectivity index (χ1v) is 9.50. The van der Waals surface area contributed by atoms with Gasteiger partial charge in [-0.3, -0.25) is 4.79 Å². The standard InChI is InChI=1S/C22H20N4O3/c1-29-19-11-14(7-8-17(19)27)21-20-16(25-22-23-12-24-26(21)22)9-15(10-18(20)28)13-5-3-2-4-6-13/h2-8,11-12,15,21,27H,9-10H2,1H3,(H,23,24,25). The third kappa shape index (κ3) is 2.86. The summed E-state index contributed by atoms with van der Waals surface area (Å²) in [6, 6.07) is 14.8. The van der Waals surface area contributed by atoms with Gasteiger partial charge in [0.1, 0.15) is 12.4 Å². The molecule has 0 saturated carbocycles. The fraction of sp³-hybridized carbons (Fsp3) is 0.227. The molecule has 5 rings (SSSR count). The highest BCUT2D eigenvalue weighted by atomic mass is 16.5. The van der Waals surface area contributed by atoms with E-state index in [4.69, 9.17) is 4.74 Å². The number of methoxy groups -OCH3 is 1. The molecule has 0 spiro atoms. The third-order valence-electron chi connectivity index (χ3n) is 5.65. The molecule has 0 amide bonds. The summed E-state index contributed by atoms with van der Waals surface area (Å²) in [7, 11) is 1.50. The quantitative estimate of drug-likeness (QED) is 0.715. The number of carbonyl (C=O) groups excluding carboxylic acids is 1. The number of aromatic hydroxyl groups is 1. The number of benzene rings is 2. The Morgan fingerprint density at radius 2 is 1.97 bits per heavy atom. The average Bonchev–Trinajstić information content (AvgIpc) is 3.21. The molecule has 1 aromatic heterocycles. The number of carbonyl (C=O) groups is 1. The lowest BCUT2D eigenvalue weighted by molar-refractivity contribution is -0.116. The van der Waals surface area contributed by atoms with Crippen LogP contribution in [0, 0.1) is 0 Å². The first kappa shape index (κ1) is 17.5. The summed E-state index contributed by atoms with van der Waals surface area (Å²) in [5, 5.41) is 17.6. The number of fused-ring (bicyclic) bond motifs is 1. The predicted molar refractivity (Wildman–Crippen MR) is 107 cm³/mol. The normalized spacial score (nSPS) is 20.7. The van der Waals surface area contributed by atoms with E-state index in [1.807, 2.05) is 18.2 Å². The summed E-state index contributed by atoms with van der Waals surface area (Å²) in [4.78, 5) is 17.6. The Hall–Kier alpha value is -3.61. The van der Waals surface area contributed by atoms with Gasteiger partial charge in [0.15, 0.2) is 17.3 Å². The van der Waals surface area contributed by atoms with Crippen molar-refractivity contribution in [2.75, 3.05) is 12.4 Å². The second-order valence-corrected chi connectivity index (χ2v) is 7.32. The van der Waals surface area contributed by atoms with Gasteiger partial charge >= 0.3 is 0 Å². The number of anilines is 1. The number of hydrogen-bond donors (Lipinski definition) is 2. The average molecular weight is 388 g/mol. The van der Waals surface area contributed by atoms with Crippen LogP contribution in [0.1, 0.15) is 35.9 Å². The van der Waals surface area contributed by atoms with Crippen molar-refractivity contribution in [1.29, 1.82) is 0 Å². The van der Waals surface area contributed by atoms with Crippen molar-refractivity contribution in [3.63, 3.8) is 0 Å². The van der Waals surface area contributed by atoms with Crippen LogP contribution in [0.5, 0.6) is 11.5 Å². The number of phenols is 1. The lowest BCUT2D eigenvalue weighted by Gasteiger charge is -2.35. The molecular formula is C22H20N4O3. The van der Waals surface area contributed by atoms with Gasteiger partial charge in [-0.05, 0) is 35.6 Å². The molecule has 0 saturated heterocycles. The summed E-state index contributed by atoms with van der Waals surface area (Å²) in [5.41, 5.74) is 3.55. The number of hydrogen-bond acceptors (Lipinski definition) is 6. The minimum Gasteiger partial charge on any atom is -0.504 e. The van der Waals surface area contributed by atoms with E-state index in [2.05, 4.69) is 27.5 Å². The van der Waals surface area contributed by atoms with E-state index in [0.29, 0.717) is 23.7 Å². The Morgan fingerprint density at radius 1 is 1.14 bits per heavy atom. The van der Waals surface area contributed by atoms with E-state index < -0.39 is 6.04 Å². The van der Waals surface area contributed by atoms with Crippen LogP contribution in [0.15, 0.2) is 66.1 Å². The molecule has 0 radical (unpaired) electrons. The zero-order chi connectivity index (χ0) is 20.0. The molecule has 3 aromatic rings. The first-order chi connectivity index (χ1) is 14.2. The fourth-order valence-electron chi connectivity index (χ4n) is 4.29. The van der Waals surface area contributed by atoms with Gasteiger partial charge in [0.25, 0.3) is 0 Å². The van der Waals surface area contributed by atoms with E-state index in [0.717, 1.165) is 23.2 Å². The highest BCUT2D eigenvalue weighted by Crippen LogP contribution is 2.44. The van der Waals surface area contributed by atoms with Gasteiger partial charge in [0.2, 0.25) is 5.95 Å². The largest absolute Gasteiger partial charge is 0.504 e. The molecule has 0 bridgehead atoms. The van der Waals surface area contributed by atoms with Crippen LogP contribution in [0.25, 0.3) is 0 Å². The third-order valence-corrected chi connectivity index (χ3v) is 5.65. The summed E-state index contributed by atoms with van der Waals surface area (Å²) in [6.07, 6.45) is 2.65. The Balaban J connectivity index is 1.61. The van der Waals surface area contributed by atoms with E-state index in [9.17, 15) is 9.90 Å². The number of phenolic OH excluding ortho intramolecular Hbond substituents is 1. The molecule has 2 aliphatic rings. The molecule has 7 nitrogen and oxygen atoms in total. The number of ketones is 1. The van der Waals surface area contributed by atoms with Crippen LogP contribution in [0.2, 0.25) is 0 Å². The number of nitrogens with one attached hydrogen (secondary N) is 1. The van der Waals surface area contributed by atoms with E-state index in [1.165, 1.54) is 13.4 Å². The van der Waals surface area contributed by atoms with Crippen molar-refractivity contribution in [2.24, 2.45) is 0 Å². The number of ether oxygens (including phenoxy) is 1. The van der Waals surface area contributed by atoms with Crippen LogP contribution in [0.4, 0.5) is 5.95 Å². The van der Waals surface area contributed by atoms with Crippen LogP contribution >= 0.6 is 0 Å². The van der Waals surface area contributed by atoms with Crippen LogP contribution in [-0.4, -0.2) is 32.8 Å². The second-order valence-electron chi connectivity index (χ2n) is 7.32. The van der Waals surface area contributed by atoms with Crippen LogP contribution in [0.3, 0.4) is 0 Å². The molecule has 0 fully saturated rings. The molecule has 29 heavy (non-hydrogen) atoms. The van der Waals surface area contributed by atoms with Crippen molar-refractivity contribution in [3.8, 4) is 11.5 Å². The number of rotatable bonds is 3. The summed E-state index contributed by atoms with van der Waals surface area (Å²) >= 11 is 0. The first-order valence-electron chi connectivity index (χ1n) is 9.50. The van der Waals surface area contributed by atoms with Crippen molar-refractivity contribution < 1.29 is 14.6 Å². The molecule has 2 heterocycles. The summed E-state index contributed by atoms with van der Waals surface area (Å²) in [6.45, 7) is 0. The molecule has 2 aromatic carbocycles. The summed E-state index contributed by atoms with van der Waals surface area (Å²) in [5.74, 6) is 1.22.